The van der Waals surface area contributed by atoms with Gasteiger partial charge in [0.2, 0.25) is 0 Å². The molecule has 0 spiro atoms. The molecule has 4 rings (SSSR count). The quantitative estimate of drug-likeness (QED) is 0.676. The molecule has 30 heavy (non-hydrogen) atoms. The fourth-order valence-corrected chi connectivity index (χ4v) is 3.83. The number of morpholine rings is 1. The summed E-state index contributed by atoms with van der Waals surface area (Å²) in [5, 5.41) is 5.91. The molecular weight excluding hydrogens is 382 g/mol. The third-order valence-electron chi connectivity index (χ3n) is 5.53. The fraction of sp³-hybridized carbons (Fsp3) is 0.364. The van der Waals surface area contributed by atoms with E-state index in [1.165, 1.54) is 5.56 Å². The summed E-state index contributed by atoms with van der Waals surface area (Å²) in [6.07, 6.45) is 0.761. The van der Waals surface area contributed by atoms with Crippen LogP contribution in [-0.2, 0) is 25.3 Å². The van der Waals surface area contributed by atoms with Crippen LogP contribution in [0.5, 0.6) is 0 Å². The van der Waals surface area contributed by atoms with E-state index in [-0.39, 0.29) is 11.7 Å². The molecule has 3 aromatic rings. The number of amides is 2. The number of nitrogens with zero attached hydrogens (tertiary/aromatic N) is 3. The first-order valence-corrected chi connectivity index (χ1v) is 10.2. The number of aryl methyl sites for hydroxylation is 2. The van der Waals surface area contributed by atoms with Crippen molar-refractivity contribution >= 4 is 28.4 Å². The summed E-state index contributed by atoms with van der Waals surface area (Å²) < 4.78 is 8.69. The maximum atomic E-state index is 12.6. The van der Waals surface area contributed by atoms with Gasteiger partial charge in [-0.05, 0) is 24.1 Å². The molecule has 0 atom stereocenters. The second-order valence-corrected chi connectivity index (χ2v) is 7.47. The minimum absolute atomic E-state index is 0.0950. The number of carbonyl (C=O) groups excluding carboxylic acids is 1. The lowest BCUT2D eigenvalue weighted by Crippen LogP contribution is -2.37. The lowest BCUT2D eigenvalue weighted by molar-refractivity contribution is 0.123. The molecular formula is C22H27N5O3. The number of carbonyl (C=O) groups is 1. The Bertz CT molecular complexity index is 1100. The fourth-order valence-electron chi connectivity index (χ4n) is 3.83. The third-order valence-corrected chi connectivity index (χ3v) is 5.53. The zero-order valence-electron chi connectivity index (χ0n) is 17.4. The first kappa shape index (κ1) is 20.0. The molecule has 8 heteroatoms. The molecule has 2 amide bonds. The highest BCUT2D eigenvalue weighted by atomic mass is 16.5. The maximum absolute atomic E-state index is 12.6. The predicted molar refractivity (Wildman–Crippen MR) is 118 cm³/mol. The molecule has 0 radical (unpaired) electrons. The van der Waals surface area contributed by atoms with Crippen molar-refractivity contribution < 1.29 is 9.53 Å². The number of rotatable bonds is 5. The molecule has 2 heterocycles. The van der Waals surface area contributed by atoms with Gasteiger partial charge in [-0.2, -0.15) is 0 Å². The van der Waals surface area contributed by atoms with Crippen molar-refractivity contribution in [3.63, 3.8) is 0 Å². The number of hydrogen-bond donors (Lipinski definition) is 2. The summed E-state index contributed by atoms with van der Waals surface area (Å²) >= 11 is 0. The Kier molecular flexibility index (Phi) is 5.76. The summed E-state index contributed by atoms with van der Waals surface area (Å²) in [6.45, 7) is 3.27. The Labute approximate surface area is 175 Å². The molecule has 1 aromatic heterocycles. The second kappa shape index (κ2) is 8.62. The van der Waals surface area contributed by atoms with Gasteiger partial charge in [0.25, 0.3) is 0 Å². The Balaban J connectivity index is 1.57. The van der Waals surface area contributed by atoms with E-state index in [1.807, 2.05) is 42.5 Å². The number of nitrogens with one attached hydrogen (secondary N) is 2. The molecule has 158 valence electrons. The molecule has 1 saturated heterocycles. The highest BCUT2D eigenvalue weighted by Gasteiger charge is 2.20. The van der Waals surface area contributed by atoms with Crippen molar-refractivity contribution in [1.82, 2.24) is 14.5 Å². The van der Waals surface area contributed by atoms with E-state index in [2.05, 4.69) is 15.5 Å². The van der Waals surface area contributed by atoms with E-state index in [0.717, 1.165) is 36.2 Å². The zero-order chi connectivity index (χ0) is 21.1. The second-order valence-electron chi connectivity index (χ2n) is 7.47. The number of hydrogen-bond acceptors (Lipinski definition) is 4. The molecule has 1 aliphatic rings. The zero-order valence-corrected chi connectivity index (χ0v) is 17.4. The Hall–Kier alpha value is -3.26. The Morgan fingerprint density at radius 3 is 2.40 bits per heavy atom. The van der Waals surface area contributed by atoms with Crippen LogP contribution >= 0.6 is 0 Å². The van der Waals surface area contributed by atoms with E-state index in [4.69, 9.17) is 4.74 Å². The van der Waals surface area contributed by atoms with Crippen LogP contribution in [0.15, 0.2) is 47.3 Å². The van der Waals surface area contributed by atoms with Crippen LogP contribution in [0, 0.1) is 0 Å². The van der Waals surface area contributed by atoms with Gasteiger partial charge in [0, 0.05) is 33.7 Å². The summed E-state index contributed by atoms with van der Waals surface area (Å²) in [4.78, 5) is 27.1. The van der Waals surface area contributed by atoms with Crippen LogP contribution in [0.2, 0.25) is 0 Å². The first-order chi connectivity index (χ1) is 14.5. The van der Waals surface area contributed by atoms with Gasteiger partial charge < -0.3 is 20.3 Å². The average molecular weight is 409 g/mol. The van der Waals surface area contributed by atoms with Gasteiger partial charge in [-0.25, -0.2) is 9.59 Å². The topological polar surface area (TPSA) is 80.5 Å². The highest BCUT2D eigenvalue weighted by molar-refractivity contribution is 5.98. The SMILES string of the molecule is Cn1c(=O)n(C)c2cc(N3CCOCC3)c(NC(=O)NCCc3ccccc3)cc21. The molecule has 2 N–H and O–H groups in total. The van der Waals surface area contributed by atoms with Crippen LogP contribution in [0.1, 0.15) is 5.56 Å². The number of anilines is 2. The van der Waals surface area contributed by atoms with Crippen molar-refractivity contribution in [3.05, 3.63) is 58.5 Å². The molecule has 0 aliphatic carbocycles. The van der Waals surface area contributed by atoms with Crippen molar-refractivity contribution in [2.75, 3.05) is 43.1 Å². The standard InChI is InChI=1S/C22H27N5O3/c1-25-19-14-17(24-21(28)23-9-8-16-6-4-3-5-7-16)18(27-10-12-30-13-11-27)15-20(19)26(2)22(25)29/h3-7,14-15H,8-13H2,1-2H3,(H2,23,24,28). The van der Waals surface area contributed by atoms with E-state index in [9.17, 15) is 9.59 Å². The molecule has 0 unspecified atom stereocenters. The Morgan fingerprint density at radius 1 is 1.03 bits per heavy atom. The largest absolute Gasteiger partial charge is 0.378 e. The number of ether oxygens (including phenoxy) is 1. The van der Waals surface area contributed by atoms with Crippen LogP contribution in [0.3, 0.4) is 0 Å². The third kappa shape index (κ3) is 4.04. The number of fused-ring (bicyclic) bond motifs is 1. The number of imidazole rings is 1. The van der Waals surface area contributed by atoms with Crippen LogP contribution < -0.4 is 21.2 Å². The van der Waals surface area contributed by atoms with E-state index in [1.54, 1.807) is 23.2 Å². The monoisotopic (exact) mass is 409 g/mol. The number of urea groups is 1. The highest BCUT2D eigenvalue weighted by Crippen LogP contribution is 2.31. The van der Waals surface area contributed by atoms with E-state index < -0.39 is 0 Å². The molecule has 0 bridgehead atoms. The molecule has 1 aliphatic heterocycles. The average Bonchev–Trinajstić information content (AvgIpc) is 2.98. The summed E-state index contributed by atoms with van der Waals surface area (Å²) in [5.41, 5.74) is 4.26. The van der Waals surface area contributed by atoms with Gasteiger partial charge in [-0.3, -0.25) is 9.13 Å². The smallest absolute Gasteiger partial charge is 0.328 e. The van der Waals surface area contributed by atoms with Crippen LogP contribution in [0.25, 0.3) is 11.0 Å². The van der Waals surface area contributed by atoms with Crippen molar-refractivity contribution in [2.45, 2.75) is 6.42 Å². The van der Waals surface area contributed by atoms with Crippen molar-refractivity contribution in [1.29, 1.82) is 0 Å². The summed E-state index contributed by atoms with van der Waals surface area (Å²) in [6, 6.07) is 13.6. The van der Waals surface area contributed by atoms with Crippen molar-refractivity contribution in [3.8, 4) is 0 Å². The molecule has 1 fully saturated rings. The minimum Gasteiger partial charge on any atom is -0.378 e. The maximum Gasteiger partial charge on any atom is 0.328 e. The van der Waals surface area contributed by atoms with Gasteiger partial charge in [0.05, 0.1) is 35.6 Å². The molecule has 0 saturated carbocycles. The lowest BCUT2D eigenvalue weighted by atomic mass is 10.1. The van der Waals surface area contributed by atoms with Crippen molar-refractivity contribution in [2.24, 2.45) is 14.1 Å². The lowest BCUT2D eigenvalue weighted by Gasteiger charge is -2.30. The van der Waals surface area contributed by atoms with Gasteiger partial charge in [-0.15, -0.1) is 0 Å². The normalized spacial score (nSPS) is 14.1. The minimum atomic E-state index is -0.263. The van der Waals surface area contributed by atoms with E-state index >= 15 is 0 Å². The van der Waals surface area contributed by atoms with Crippen LogP contribution in [0.4, 0.5) is 16.2 Å². The number of aromatic nitrogens is 2. The van der Waals surface area contributed by atoms with Crippen LogP contribution in [-0.4, -0.2) is 48.0 Å². The Morgan fingerprint density at radius 2 is 1.70 bits per heavy atom. The number of benzene rings is 2. The van der Waals surface area contributed by atoms with Gasteiger partial charge in [0.1, 0.15) is 0 Å². The van der Waals surface area contributed by atoms with Gasteiger partial charge in [-0.1, -0.05) is 30.3 Å². The van der Waals surface area contributed by atoms with Gasteiger partial charge >= 0.3 is 11.7 Å². The van der Waals surface area contributed by atoms with Gasteiger partial charge in [0.15, 0.2) is 0 Å². The molecule has 2 aromatic carbocycles. The van der Waals surface area contributed by atoms with E-state index in [0.29, 0.717) is 25.4 Å². The summed E-state index contributed by atoms with van der Waals surface area (Å²) in [5.74, 6) is 0. The molecule has 8 nitrogen and oxygen atoms in total. The predicted octanol–water partition coefficient (Wildman–Crippen LogP) is 2.08. The first-order valence-electron chi connectivity index (χ1n) is 10.2. The summed E-state index contributed by atoms with van der Waals surface area (Å²) in [7, 11) is 3.50.